The number of likely N-dealkylation sites (tertiary alicyclic amines) is 1. The van der Waals surface area contributed by atoms with Crippen molar-refractivity contribution >= 4 is 0 Å². The fraction of sp³-hybridized carbons (Fsp3) is 1.00. The minimum Gasteiger partial charge on any atom is -0.362 e. The Morgan fingerprint density at radius 3 is 1.31 bits per heavy atom. The standard InChI is InChI=1S/C17H16F17NO/c18-10(16(29,30)31)12(19,20)8-1-2-9(36-8)13(21,22)11(17(32,33)34)35-4-6(14(23,24)25)3-7(5-35)15(26,27)28/h6-11H,1-5H2. The van der Waals surface area contributed by atoms with Crippen LogP contribution in [0.1, 0.15) is 19.3 Å². The van der Waals surface area contributed by atoms with Crippen LogP contribution in [0, 0.1) is 11.8 Å². The van der Waals surface area contributed by atoms with E-state index in [1.165, 1.54) is 0 Å². The molecule has 2 nitrogen and oxygen atoms in total. The topological polar surface area (TPSA) is 12.5 Å². The highest BCUT2D eigenvalue weighted by molar-refractivity contribution is 5.03. The van der Waals surface area contributed by atoms with Gasteiger partial charge in [-0.1, -0.05) is 0 Å². The number of nitrogens with zero attached hydrogens (tertiary/aromatic N) is 1. The molecule has 6 atom stereocenters. The van der Waals surface area contributed by atoms with Gasteiger partial charge in [0.1, 0.15) is 12.2 Å². The van der Waals surface area contributed by atoms with Crippen molar-refractivity contribution in [3.05, 3.63) is 0 Å². The first-order valence-corrected chi connectivity index (χ1v) is 9.86. The van der Waals surface area contributed by atoms with Crippen LogP contribution in [0.2, 0.25) is 0 Å². The van der Waals surface area contributed by atoms with E-state index in [-0.39, 0.29) is 0 Å². The van der Waals surface area contributed by atoms with Gasteiger partial charge in [-0.2, -0.15) is 52.7 Å². The summed E-state index contributed by atoms with van der Waals surface area (Å²) in [7, 11) is 0. The van der Waals surface area contributed by atoms with Gasteiger partial charge in [-0.3, -0.25) is 4.90 Å². The van der Waals surface area contributed by atoms with Crippen LogP contribution in [0.3, 0.4) is 0 Å². The van der Waals surface area contributed by atoms with Crippen LogP contribution in [-0.2, 0) is 4.74 Å². The van der Waals surface area contributed by atoms with Crippen LogP contribution in [0.4, 0.5) is 74.6 Å². The Bertz CT molecular complexity index is 732. The van der Waals surface area contributed by atoms with E-state index in [1.54, 1.807) is 0 Å². The summed E-state index contributed by atoms with van der Waals surface area (Å²) in [5, 5.41) is 0. The normalized spacial score (nSPS) is 29.9. The van der Waals surface area contributed by atoms with Gasteiger partial charge < -0.3 is 4.74 Å². The van der Waals surface area contributed by atoms with Crippen LogP contribution in [0.5, 0.6) is 0 Å². The summed E-state index contributed by atoms with van der Waals surface area (Å²) >= 11 is 0. The average Bonchev–Trinajstić information content (AvgIpc) is 3.15. The number of hydrogen-bond acceptors (Lipinski definition) is 2. The third-order valence-electron chi connectivity index (χ3n) is 5.95. The molecule has 2 saturated heterocycles. The SMILES string of the molecule is FC(C(F)(F)F)C(F)(F)C1CCC(C(F)(F)C(N2CC(C(F)(F)F)CC(C(F)(F)F)C2)C(F)(F)F)O1. The van der Waals surface area contributed by atoms with Crippen LogP contribution in [0.15, 0.2) is 0 Å². The van der Waals surface area contributed by atoms with E-state index >= 15 is 0 Å². The molecule has 0 N–H and O–H groups in total. The summed E-state index contributed by atoms with van der Waals surface area (Å²) in [6.07, 6.45) is -39.9. The molecule has 19 heteroatoms. The highest BCUT2D eigenvalue weighted by Gasteiger charge is 2.69. The Labute approximate surface area is 190 Å². The van der Waals surface area contributed by atoms with Crippen molar-refractivity contribution in [2.75, 3.05) is 13.1 Å². The number of halogens is 17. The lowest BCUT2D eigenvalue weighted by Gasteiger charge is -2.46. The third kappa shape index (κ3) is 6.40. The summed E-state index contributed by atoms with van der Waals surface area (Å²) in [4.78, 5) is -0.831. The Morgan fingerprint density at radius 2 is 0.972 bits per heavy atom. The molecule has 0 radical (unpaired) electrons. The lowest BCUT2D eigenvalue weighted by molar-refractivity contribution is -0.306. The first kappa shape index (κ1) is 31.0. The molecule has 0 amide bonds. The van der Waals surface area contributed by atoms with Crippen molar-refractivity contribution in [2.45, 2.75) is 80.2 Å². The molecule has 0 aromatic carbocycles. The van der Waals surface area contributed by atoms with E-state index in [0.29, 0.717) is 0 Å². The molecule has 0 spiro atoms. The summed E-state index contributed by atoms with van der Waals surface area (Å²) in [5.41, 5.74) is 0. The predicted molar refractivity (Wildman–Crippen MR) is 83.9 cm³/mol. The van der Waals surface area contributed by atoms with Gasteiger partial charge in [0.15, 0.2) is 6.04 Å². The molecule has 0 saturated carbocycles. The van der Waals surface area contributed by atoms with Crippen molar-refractivity contribution in [2.24, 2.45) is 11.8 Å². The summed E-state index contributed by atoms with van der Waals surface area (Å²) in [6, 6.07) is -4.42. The molecule has 36 heavy (non-hydrogen) atoms. The zero-order chi connectivity index (χ0) is 28.3. The van der Waals surface area contributed by atoms with E-state index in [2.05, 4.69) is 4.74 Å². The summed E-state index contributed by atoms with van der Waals surface area (Å²) in [5.74, 6) is -17.3. The van der Waals surface area contributed by atoms with E-state index in [0.717, 1.165) is 0 Å². The number of rotatable bonds is 5. The highest BCUT2D eigenvalue weighted by atomic mass is 19.4. The molecule has 6 unspecified atom stereocenters. The molecule has 0 aromatic rings. The quantitative estimate of drug-likeness (QED) is 0.340. The lowest BCUT2D eigenvalue weighted by atomic mass is 9.86. The van der Waals surface area contributed by atoms with Crippen LogP contribution in [-0.4, -0.2) is 79.0 Å². The zero-order valence-electron chi connectivity index (χ0n) is 17.3. The minimum atomic E-state index is -6.24. The fourth-order valence-corrected chi connectivity index (χ4v) is 4.25. The first-order valence-electron chi connectivity index (χ1n) is 9.86. The molecule has 0 aliphatic carbocycles. The number of alkyl halides is 17. The number of piperidine rings is 1. The minimum absolute atomic E-state index is 0.831. The van der Waals surface area contributed by atoms with Gasteiger partial charge >= 0.3 is 30.6 Å². The number of ether oxygens (including phenoxy) is 1. The largest absolute Gasteiger partial charge is 0.425 e. The average molecular weight is 573 g/mol. The van der Waals surface area contributed by atoms with Crippen LogP contribution >= 0.6 is 0 Å². The molecule has 2 rings (SSSR count). The maximum atomic E-state index is 14.9. The predicted octanol–water partition coefficient (Wildman–Crippen LogP) is 6.70. The Hall–Kier alpha value is -1.27. The van der Waals surface area contributed by atoms with Crippen molar-refractivity contribution < 1.29 is 79.4 Å². The van der Waals surface area contributed by atoms with Crippen molar-refractivity contribution in [3.8, 4) is 0 Å². The third-order valence-corrected chi connectivity index (χ3v) is 5.95. The molecule has 2 aliphatic heterocycles. The zero-order valence-corrected chi connectivity index (χ0v) is 17.3. The second kappa shape index (κ2) is 9.48. The second-order valence-electron chi connectivity index (χ2n) is 8.55. The van der Waals surface area contributed by atoms with Gasteiger partial charge in [0.25, 0.3) is 12.1 Å². The molecular weight excluding hydrogens is 557 g/mol. The van der Waals surface area contributed by atoms with Crippen molar-refractivity contribution in [1.82, 2.24) is 4.90 Å². The van der Waals surface area contributed by atoms with Crippen LogP contribution in [0.25, 0.3) is 0 Å². The molecule has 2 fully saturated rings. The van der Waals surface area contributed by atoms with Gasteiger partial charge in [-0.25, -0.2) is 22.0 Å². The maximum Gasteiger partial charge on any atom is 0.425 e. The van der Waals surface area contributed by atoms with Crippen molar-refractivity contribution in [3.63, 3.8) is 0 Å². The van der Waals surface area contributed by atoms with Gasteiger partial charge in [-0.15, -0.1) is 0 Å². The van der Waals surface area contributed by atoms with E-state index in [1.807, 2.05) is 0 Å². The van der Waals surface area contributed by atoms with Gasteiger partial charge in [0.05, 0.1) is 11.8 Å². The monoisotopic (exact) mass is 573 g/mol. The fourth-order valence-electron chi connectivity index (χ4n) is 4.25. The second-order valence-corrected chi connectivity index (χ2v) is 8.55. The molecule has 0 bridgehead atoms. The molecule has 214 valence electrons. The van der Waals surface area contributed by atoms with Gasteiger partial charge in [0.2, 0.25) is 0 Å². The number of hydrogen-bond donors (Lipinski definition) is 0. The maximum absolute atomic E-state index is 14.9. The van der Waals surface area contributed by atoms with Gasteiger partial charge in [0, 0.05) is 13.1 Å². The molecule has 0 aromatic heterocycles. The van der Waals surface area contributed by atoms with E-state index in [9.17, 15) is 74.6 Å². The molecule has 2 heterocycles. The first-order chi connectivity index (χ1) is 15.8. The van der Waals surface area contributed by atoms with Crippen LogP contribution < -0.4 is 0 Å². The Morgan fingerprint density at radius 1 is 0.583 bits per heavy atom. The molecule has 2 aliphatic rings. The van der Waals surface area contributed by atoms with E-state index in [4.69, 9.17) is 0 Å². The summed E-state index contributed by atoms with van der Waals surface area (Å²) < 4.78 is 231. The highest BCUT2D eigenvalue weighted by Crippen LogP contribution is 2.50. The lowest BCUT2D eigenvalue weighted by Crippen LogP contribution is -2.65. The Balaban J connectivity index is 2.40. The smallest absolute Gasteiger partial charge is 0.362 e. The van der Waals surface area contributed by atoms with E-state index < -0.39 is 110 Å². The van der Waals surface area contributed by atoms with Crippen molar-refractivity contribution in [1.29, 1.82) is 0 Å². The summed E-state index contributed by atoms with van der Waals surface area (Å²) in [6.45, 7) is -3.94. The molecular formula is C17H16F17NO. The van der Waals surface area contributed by atoms with Gasteiger partial charge in [-0.05, 0) is 19.3 Å². The Kier molecular flexibility index (Phi) is 8.15.